The maximum Gasteiger partial charge on any atom is 0.323 e. The molecule has 1 heterocycles. The third-order valence-electron chi connectivity index (χ3n) is 2.48. The minimum Gasteiger partial charge on any atom is -0.309 e. The number of benzene rings is 1. The van der Waals surface area contributed by atoms with Crippen LogP contribution in [-0.2, 0) is 0 Å². The van der Waals surface area contributed by atoms with Gasteiger partial charge in [-0.3, -0.25) is 0 Å². The first-order valence-electron chi connectivity index (χ1n) is 5.16. The van der Waals surface area contributed by atoms with Crippen LogP contribution in [0.25, 0.3) is 11.3 Å². The molecule has 0 aliphatic heterocycles. The average molecular weight is 237 g/mol. The van der Waals surface area contributed by atoms with Crippen molar-refractivity contribution in [1.82, 2.24) is 9.97 Å². The lowest BCUT2D eigenvalue weighted by molar-refractivity contribution is 0.831. The highest BCUT2D eigenvalue weighted by Crippen LogP contribution is 2.30. The molecule has 2 rings (SSSR count). The third-order valence-corrected chi connectivity index (χ3v) is 2.81. The molecule has 4 heteroatoms. The van der Waals surface area contributed by atoms with E-state index in [9.17, 15) is 4.79 Å². The number of aromatic nitrogens is 2. The number of hydrogen-bond donors (Lipinski definition) is 2. The summed E-state index contributed by atoms with van der Waals surface area (Å²) in [5.41, 5.74) is 2.33. The van der Waals surface area contributed by atoms with E-state index >= 15 is 0 Å². The minimum atomic E-state index is -0.196. The fraction of sp³-hybridized carbons (Fsp3) is 0.250. The summed E-state index contributed by atoms with van der Waals surface area (Å²) >= 11 is 6.11. The van der Waals surface area contributed by atoms with Gasteiger partial charge in [-0.2, -0.15) is 0 Å². The fourth-order valence-corrected chi connectivity index (χ4v) is 1.94. The molecular formula is C12H13ClN2O. The topological polar surface area (TPSA) is 48.6 Å². The molecule has 1 aromatic carbocycles. The maximum atomic E-state index is 11.3. The molecule has 0 aliphatic carbocycles. The number of imidazole rings is 1. The van der Waals surface area contributed by atoms with Gasteiger partial charge >= 0.3 is 5.69 Å². The summed E-state index contributed by atoms with van der Waals surface area (Å²) in [6, 6.07) is 7.47. The number of H-pyrrole nitrogens is 2. The van der Waals surface area contributed by atoms with Crippen LogP contribution in [0.5, 0.6) is 0 Å². The molecule has 0 bridgehead atoms. The molecule has 2 N–H and O–H groups in total. The lowest BCUT2D eigenvalue weighted by atomic mass is 10.0. The van der Waals surface area contributed by atoms with E-state index in [0.29, 0.717) is 5.02 Å². The Hall–Kier alpha value is -1.48. The van der Waals surface area contributed by atoms with Gasteiger partial charge in [0.2, 0.25) is 0 Å². The molecular weight excluding hydrogens is 224 g/mol. The summed E-state index contributed by atoms with van der Waals surface area (Å²) in [7, 11) is 0. The number of aromatic amines is 2. The first kappa shape index (κ1) is 11.0. The molecule has 0 atom stereocenters. The Morgan fingerprint density at radius 2 is 1.88 bits per heavy atom. The zero-order chi connectivity index (χ0) is 11.7. The Morgan fingerprint density at radius 1 is 1.19 bits per heavy atom. The first-order valence-corrected chi connectivity index (χ1v) is 5.54. The molecule has 0 aliphatic rings. The van der Waals surface area contributed by atoms with E-state index in [1.807, 2.05) is 38.1 Å². The second-order valence-electron chi connectivity index (χ2n) is 4.00. The summed E-state index contributed by atoms with van der Waals surface area (Å²) in [5.74, 6) is 0.241. The quantitative estimate of drug-likeness (QED) is 0.827. The molecule has 0 radical (unpaired) electrons. The van der Waals surface area contributed by atoms with E-state index in [0.717, 1.165) is 17.0 Å². The van der Waals surface area contributed by atoms with Crippen LogP contribution in [0.4, 0.5) is 0 Å². The highest BCUT2D eigenvalue weighted by Gasteiger charge is 2.14. The van der Waals surface area contributed by atoms with Gasteiger partial charge in [0.1, 0.15) is 0 Å². The van der Waals surface area contributed by atoms with E-state index < -0.39 is 0 Å². The molecule has 84 valence electrons. The summed E-state index contributed by atoms with van der Waals surface area (Å²) in [6.45, 7) is 4.05. The monoisotopic (exact) mass is 236 g/mol. The van der Waals surface area contributed by atoms with E-state index in [-0.39, 0.29) is 11.6 Å². The van der Waals surface area contributed by atoms with Crippen LogP contribution in [0.1, 0.15) is 25.5 Å². The minimum absolute atomic E-state index is 0.196. The van der Waals surface area contributed by atoms with E-state index in [2.05, 4.69) is 9.97 Å². The SMILES string of the molecule is CC(C)c1[nH]c(=O)[nH]c1-c1ccccc1Cl. The van der Waals surface area contributed by atoms with Gasteiger partial charge in [-0.05, 0) is 12.0 Å². The van der Waals surface area contributed by atoms with Crippen molar-refractivity contribution in [1.29, 1.82) is 0 Å². The zero-order valence-electron chi connectivity index (χ0n) is 9.17. The predicted molar refractivity (Wildman–Crippen MR) is 65.9 cm³/mol. The number of halogens is 1. The molecule has 1 aromatic heterocycles. The standard InChI is InChI=1S/C12H13ClN2O/c1-7(2)10-11(15-12(16)14-10)8-5-3-4-6-9(8)13/h3-7H,1-2H3,(H2,14,15,16). The lowest BCUT2D eigenvalue weighted by Crippen LogP contribution is -2.01. The van der Waals surface area contributed by atoms with Crippen molar-refractivity contribution in [3.63, 3.8) is 0 Å². The van der Waals surface area contributed by atoms with Crippen LogP contribution < -0.4 is 5.69 Å². The second-order valence-corrected chi connectivity index (χ2v) is 4.41. The number of hydrogen-bond acceptors (Lipinski definition) is 1. The highest BCUT2D eigenvalue weighted by atomic mass is 35.5. The van der Waals surface area contributed by atoms with Crippen LogP contribution in [0, 0.1) is 0 Å². The van der Waals surface area contributed by atoms with Gasteiger partial charge in [-0.25, -0.2) is 4.79 Å². The van der Waals surface area contributed by atoms with E-state index in [1.165, 1.54) is 0 Å². The van der Waals surface area contributed by atoms with Crippen molar-refractivity contribution in [2.45, 2.75) is 19.8 Å². The summed E-state index contributed by atoms with van der Waals surface area (Å²) in [4.78, 5) is 16.9. The smallest absolute Gasteiger partial charge is 0.309 e. The van der Waals surface area contributed by atoms with Crippen LogP contribution in [0.2, 0.25) is 5.02 Å². The van der Waals surface area contributed by atoms with Crippen molar-refractivity contribution in [2.24, 2.45) is 0 Å². The molecule has 0 amide bonds. The van der Waals surface area contributed by atoms with Gasteiger partial charge < -0.3 is 9.97 Å². The summed E-state index contributed by atoms with van der Waals surface area (Å²) < 4.78 is 0. The van der Waals surface area contributed by atoms with Gasteiger partial charge in [0.25, 0.3) is 0 Å². The van der Waals surface area contributed by atoms with Gasteiger partial charge in [0.05, 0.1) is 5.69 Å². The normalized spacial score (nSPS) is 11.0. The zero-order valence-corrected chi connectivity index (χ0v) is 9.93. The molecule has 16 heavy (non-hydrogen) atoms. The fourth-order valence-electron chi connectivity index (χ4n) is 1.71. The van der Waals surface area contributed by atoms with Gasteiger partial charge in [-0.15, -0.1) is 0 Å². The van der Waals surface area contributed by atoms with Crippen molar-refractivity contribution < 1.29 is 0 Å². The van der Waals surface area contributed by atoms with Crippen molar-refractivity contribution in [3.05, 3.63) is 45.5 Å². The van der Waals surface area contributed by atoms with Crippen LogP contribution >= 0.6 is 11.6 Å². The lowest BCUT2D eigenvalue weighted by Gasteiger charge is -2.07. The Labute approximate surface area is 98.5 Å². The summed E-state index contributed by atoms with van der Waals surface area (Å²) in [5, 5.41) is 0.639. The maximum absolute atomic E-state index is 11.3. The summed E-state index contributed by atoms with van der Waals surface area (Å²) in [6.07, 6.45) is 0. The van der Waals surface area contributed by atoms with Crippen LogP contribution in [0.15, 0.2) is 29.1 Å². The third kappa shape index (κ3) is 1.91. The van der Waals surface area contributed by atoms with E-state index in [4.69, 9.17) is 11.6 Å². The highest BCUT2D eigenvalue weighted by molar-refractivity contribution is 6.33. The Morgan fingerprint density at radius 3 is 2.50 bits per heavy atom. The largest absolute Gasteiger partial charge is 0.323 e. The second kappa shape index (κ2) is 4.18. The molecule has 0 spiro atoms. The molecule has 0 saturated carbocycles. The number of nitrogens with one attached hydrogen (secondary N) is 2. The molecule has 0 unspecified atom stereocenters. The van der Waals surface area contributed by atoms with Gasteiger partial charge in [0, 0.05) is 16.3 Å². The molecule has 0 fully saturated rings. The van der Waals surface area contributed by atoms with E-state index in [1.54, 1.807) is 0 Å². The Balaban J connectivity index is 2.64. The molecule has 2 aromatic rings. The Kier molecular flexibility index (Phi) is 2.88. The molecule has 3 nitrogen and oxygen atoms in total. The van der Waals surface area contributed by atoms with Gasteiger partial charge in [0.15, 0.2) is 0 Å². The predicted octanol–water partition coefficient (Wildman–Crippen LogP) is 3.15. The van der Waals surface area contributed by atoms with Crippen molar-refractivity contribution >= 4 is 11.6 Å². The van der Waals surface area contributed by atoms with Crippen molar-refractivity contribution in [3.8, 4) is 11.3 Å². The average Bonchev–Trinajstić information content (AvgIpc) is 2.61. The first-order chi connectivity index (χ1) is 7.59. The van der Waals surface area contributed by atoms with Crippen molar-refractivity contribution in [2.75, 3.05) is 0 Å². The van der Waals surface area contributed by atoms with Gasteiger partial charge in [-0.1, -0.05) is 43.6 Å². The van der Waals surface area contributed by atoms with Crippen LogP contribution in [-0.4, -0.2) is 9.97 Å². The molecule has 0 saturated heterocycles. The van der Waals surface area contributed by atoms with Crippen LogP contribution in [0.3, 0.4) is 0 Å². The number of rotatable bonds is 2. The Bertz CT molecular complexity index is 554.